The first-order valence-corrected chi connectivity index (χ1v) is 9.53. The zero-order chi connectivity index (χ0) is 23.6. The summed E-state index contributed by atoms with van der Waals surface area (Å²) in [6.07, 6.45) is -0.550. The number of esters is 4. The van der Waals surface area contributed by atoms with Crippen LogP contribution in [0.5, 0.6) is 0 Å². The summed E-state index contributed by atoms with van der Waals surface area (Å²) in [4.78, 5) is 62.9. The van der Waals surface area contributed by atoms with E-state index >= 15 is 0 Å². The van der Waals surface area contributed by atoms with E-state index in [1.54, 1.807) is 24.3 Å². The van der Waals surface area contributed by atoms with Crippen LogP contribution in [0.25, 0.3) is 5.69 Å². The molecule has 1 unspecified atom stereocenters. The summed E-state index contributed by atoms with van der Waals surface area (Å²) in [7, 11) is 4.58. The molecule has 2 heterocycles. The van der Waals surface area contributed by atoms with Gasteiger partial charge < -0.3 is 23.5 Å². The molecule has 0 amide bonds. The number of ketones is 1. The van der Waals surface area contributed by atoms with Gasteiger partial charge in [0.1, 0.15) is 11.3 Å². The van der Waals surface area contributed by atoms with Crippen LogP contribution in [0.15, 0.2) is 24.3 Å². The molecule has 0 saturated carbocycles. The lowest BCUT2D eigenvalue weighted by Gasteiger charge is -2.16. The predicted octanol–water partition coefficient (Wildman–Crippen LogP) is 1.49. The van der Waals surface area contributed by atoms with Crippen LogP contribution in [0.3, 0.4) is 0 Å². The summed E-state index contributed by atoms with van der Waals surface area (Å²) in [5.74, 6) is -4.74. The van der Waals surface area contributed by atoms with Gasteiger partial charge in [-0.25, -0.2) is 9.59 Å². The molecular weight excluding hydrogens is 422 g/mol. The smallest absolute Gasteiger partial charge is 0.341 e. The summed E-state index contributed by atoms with van der Waals surface area (Å²) in [6, 6.07) is 6.58. The molecule has 0 radical (unpaired) electrons. The number of hydrogen-bond donors (Lipinski definition) is 0. The Morgan fingerprint density at radius 1 is 0.875 bits per heavy atom. The maximum absolute atomic E-state index is 13.2. The summed E-state index contributed by atoms with van der Waals surface area (Å²) in [5, 5.41) is 0. The standard InChI is InChI=1S/C22H21NO9/c1-29-15(24)10-11(20(26)30-2)9-14-16(21(27)31-3)17(22(28)32-4)18-19(25)12-7-5-6-8-13(12)23(14)18/h5-8,11H,9-10H2,1-4H3. The van der Waals surface area contributed by atoms with E-state index in [2.05, 4.69) is 4.74 Å². The molecule has 10 heteroatoms. The average molecular weight is 443 g/mol. The number of methoxy groups -OCH3 is 4. The molecule has 0 bridgehead atoms. The number of aromatic nitrogens is 1. The highest BCUT2D eigenvalue weighted by molar-refractivity contribution is 6.21. The maximum Gasteiger partial charge on any atom is 0.341 e. The quantitative estimate of drug-likeness (QED) is 0.394. The summed E-state index contributed by atoms with van der Waals surface area (Å²) < 4.78 is 20.6. The van der Waals surface area contributed by atoms with Gasteiger partial charge in [0.2, 0.25) is 5.78 Å². The normalized spacial score (nSPS) is 12.4. The van der Waals surface area contributed by atoms with E-state index in [0.29, 0.717) is 11.3 Å². The Morgan fingerprint density at radius 3 is 2.09 bits per heavy atom. The topological polar surface area (TPSA) is 127 Å². The second kappa shape index (κ2) is 9.04. The molecule has 1 atom stereocenters. The van der Waals surface area contributed by atoms with E-state index in [1.165, 1.54) is 11.7 Å². The molecule has 0 spiro atoms. The van der Waals surface area contributed by atoms with Crippen LogP contribution < -0.4 is 0 Å². The number of fused-ring (bicyclic) bond motifs is 3. The molecule has 0 N–H and O–H groups in total. The van der Waals surface area contributed by atoms with Gasteiger partial charge >= 0.3 is 23.9 Å². The third-order valence-corrected chi connectivity index (χ3v) is 5.27. The number of benzene rings is 1. The van der Waals surface area contributed by atoms with Crippen LogP contribution >= 0.6 is 0 Å². The number of para-hydroxylation sites is 1. The molecule has 1 aliphatic rings. The van der Waals surface area contributed by atoms with Gasteiger partial charge in [0.05, 0.1) is 52.0 Å². The summed E-state index contributed by atoms with van der Waals surface area (Å²) in [5.41, 5.74) is 0.325. The van der Waals surface area contributed by atoms with Crippen LogP contribution in [0.4, 0.5) is 0 Å². The highest BCUT2D eigenvalue weighted by Crippen LogP contribution is 2.38. The third-order valence-electron chi connectivity index (χ3n) is 5.27. The second-order valence-corrected chi connectivity index (χ2v) is 6.91. The van der Waals surface area contributed by atoms with Gasteiger partial charge in [0, 0.05) is 17.7 Å². The first-order chi connectivity index (χ1) is 15.3. The molecule has 1 aliphatic heterocycles. The van der Waals surface area contributed by atoms with Gasteiger partial charge in [-0.2, -0.15) is 0 Å². The van der Waals surface area contributed by atoms with Gasteiger partial charge in [-0.15, -0.1) is 0 Å². The van der Waals surface area contributed by atoms with Crippen molar-refractivity contribution in [3.63, 3.8) is 0 Å². The number of nitrogens with zero attached hydrogens (tertiary/aromatic N) is 1. The van der Waals surface area contributed by atoms with E-state index in [4.69, 9.17) is 14.2 Å². The van der Waals surface area contributed by atoms with E-state index in [-0.39, 0.29) is 35.4 Å². The zero-order valence-electron chi connectivity index (χ0n) is 17.9. The Kier molecular flexibility index (Phi) is 6.42. The lowest BCUT2D eigenvalue weighted by Crippen LogP contribution is -2.25. The number of ether oxygens (including phenoxy) is 4. The molecule has 2 aromatic rings. The highest BCUT2D eigenvalue weighted by Gasteiger charge is 2.42. The molecular formula is C22H21NO9. The van der Waals surface area contributed by atoms with Crippen LogP contribution in [0, 0.1) is 5.92 Å². The molecule has 0 saturated heterocycles. The average Bonchev–Trinajstić information content (AvgIpc) is 3.30. The van der Waals surface area contributed by atoms with Crippen molar-refractivity contribution < 1.29 is 42.9 Å². The molecule has 1 aromatic heterocycles. The van der Waals surface area contributed by atoms with Gasteiger partial charge in [-0.3, -0.25) is 14.4 Å². The fourth-order valence-electron chi connectivity index (χ4n) is 3.83. The van der Waals surface area contributed by atoms with Crippen molar-refractivity contribution >= 4 is 29.7 Å². The van der Waals surface area contributed by atoms with Gasteiger partial charge in [0.25, 0.3) is 0 Å². The first-order valence-electron chi connectivity index (χ1n) is 9.53. The minimum absolute atomic E-state index is 0.0740. The van der Waals surface area contributed by atoms with Crippen molar-refractivity contribution in [2.24, 2.45) is 5.92 Å². The van der Waals surface area contributed by atoms with Crippen molar-refractivity contribution in [2.75, 3.05) is 28.4 Å². The molecule has 1 aromatic carbocycles. The lowest BCUT2D eigenvalue weighted by atomic mass is 9.95. The third kappa shape index (κ3) is 3.64. The fourth-order valence-corrected chi connectivity index (χ4v) is 3.83. The second-order valence-electron chi connectivity index (χ2n) is 6.91. The predicted molar refractivity (Wildman–Crippen MR) is 108 cm³/mol. The van der Waals surface area contributed by atoms with Gasteiger partial charge in [0.15, 0.2) is 0 Å². The van der Waals surface area contributed by atoms with Gasteiger partial charge in [-0.05, 0) is 12.1 Å². The van der Waals surface area contributed by atoms with E-state index in [0.717, 1.165) is 21.3 Å². The van der Waals surface area contributed by atoms with Crippen LogP contribution in [0.2, 0.25) is 0 Å². The van der Waals surface area contributed by atoms with Crippen molar-refractivity contribution in [2.45, 2.75) is 12.8 Å². The Bertz CT molecular complexity index is 1130. The zero-order valence-corrected chi connectivity index (χ0v) is 17.9. The first kappa shape index (κ1) is 22.7. The minimum Gasteiger partial charge on any atom is -0.469 e. The van der Waals surface area contributed by atoms with Crippen molar-refractivity contribution in [1.82, 2.24) is 4.57 Å². The monoisotopic (exact) mass is 443 g/mol. The Hall–Kier alpha value is -3.95. The van der Waals surface area contributed by atoms with E-state index < -0.39 is 35.6 Å². The Labute approximate surface area is 183 Å². The molecule has 168 valence electrons. The lowest BCUT2D eigenvalue weighted by molar-refractivity contribution is -0.152. The SMILES string of the molecule is COC(=O)CC(Cc1c(C(=O)OC)c(C(=O)OC)c2n1-c1ccccc1C2=O)C(=O)OC. The Morgan fingerprint density at radius 2 is 1.50 bits per heavy atom. The molecule has 3 rings (SSSR count). The van der Waals surface area contributed by atoms with Crippen LogP contribution in [-0.2, 0) is 35.0 Å². The number of rotatable bonds is 7. The highest BCUT2D eigenvalue weighted by atomic mass is 16.5. The number of hydrogen-bond acceptors (Lipinski definition) is 9. The summed E-state index contributed by atoms with van der Waals surface area (Å²) in [6.45, 7) is 0. The maximum atomic E-state index is 13.2. The van der Waals surface area contributed by atoms with Crippen LogP contribution in [0.1, 0.15) is 48.9 Å². The van der Waals surface area contributed by atoms with Crippen molar-refractivity contribution in [3.05, 3.63) is 52.3 Å². The Balaban J connectivity index is 2.32. The molecule has 0 aliphatic carbocycles. The number of carbonyl (C=O) groups is 5. The van der Waals surface area contributed by atoms with Crippen molar-refractivity contribution in [3.8, 4) is 5.69 Å². The minimum atomic E-state index is -1.05. The molecule has 32 heavy (non-hydrogen) atoms. The van der Waals surface area contributed by atoms with Crippen molar-refractivity contribution in [1.29, 1.82) is 0 Å². The van der Waals surface area contributed by atoms with E-state index in [9.17, 15) is 24.0 Å². The largest absolute Gasteiger partial charge is 0.469 e. The molecule has 10 nitrogen and oxygen atoms in total. The van der Waals surface area contributed by atoms with Crippen LogP contribution in [-0.4, -0.2) is 62.7 Å². The fraction of sp³-hybridized carbons (Fsp3) is 0.318. The number of carbonyl (C=O) groups excluding carboxylic acids is 5. The summed E-state index contributed by atoms with van der Waals surface area (Å²) >= 11 is 0. The van der Waals surface area contributed by atoms with E-state index in [1.807, 2.05) is 0 Å². The van der Waals surface area contributed by atoms with Gasteiger partial charge in [-0.1, -0.05) is 12.1 Å². The molecule has 0 fully saturated rings.